The molecule has 118 valence electrons. The second-order valence-corrected chi connectivity index (χ2v) is 8.38. The zero-order valence-electron chi connectivity index (χ0n) is 12.1. The third-order valence-electron chi connectivity index (χ3n) is 3.14. The summed E-state index contributed by atoms with van der Waals surface area (Å²) in [7, 11) is 1.89. The van der Waals surface area contributed by atoms with Crippen LogP contribution in [0.1, 0.15) is 13.3 Å². The molecule has 2 rings (SSSR count). The van der Waals surface area contributed by atoms with Gasteiger partial charge in [0.25, 0.3) is 6.34 Å². The molecule has 0 spiro atoms. The third kappa shape index (κ3) is 4.84. The van der Waals surface area contributed by atoms with Crippen LogP contribution in [0.15, 0.2) is 52.0 Å². The van der Waals surface area contributed by atoms with Crippen LogP contribution in [-0.4, -0.2) is 26.7 Å². The van der Waals surface area contributed by atoms with Crippen molar-refractivity contribution in [3.63, 3.8) is 0 Å². The Hall–Kier alpha value is -0.320. The maximum absolute atomic E-state index is 6.54. The van der Waals surface area contributed by atoms with Crippen LogP contribution in [0.4, 0.5) is 0 Å². The van der Waals surface area contributed by atoms with E-state index in [0.717, 1.165) is 10.6 Å². The van der Waals surface area contributed by atoms with E-state index in [1.165, 1.54) is 15.8 Å². The lowest BCUT2D eigenvalue weighted by Gasteiger charge is -2.25. The molecule has 2 nitrogen and oxygen atoms in total. The molecule has 0 bridgehead atoms. The Morgan fingerprint density at radius 1 is 1.27 bits per heavy atom. The Morgan fingerprint density at radius 2 is 1.91 bits per heavy atom. The molecular formula is C15H15Cl4N2S+. The fourth-order valence-corrected chi connectivity index (χ4v) is 3.61. The molecule has 1 aliphatic carbocycles. The van der Waals surface area contributed by atoms with Crippen LogP contribution in [0.3, 0.4) is 0 Å². The molecule has 1 atom stereocenters. The normalized spacial score (nSPS) is 22.2. The fraction of sp³-hybridized carbons (Fsp3) is 0.267. The van der Waals surface area contributed by atoms with Crippen LogP contribution in [0, 0.1) is 0 Å². The first-order valence-electron chi connectivity index (χ1n) is 6.51. The third-order valence-corrected chi connectivity index (χ3v) is 5.05. The molecule has 1 aromatic carbocycles. The number of hydrogen-bond donors (Lipinski definition) is 0. The molecule has 22 heavy (non-hydrogen) atoms. The Balaban J connectivity index is 2.13. The minimum absolute atomic E-state index is 0.508. The Kier molecular flexibility index (Phi) is 6.14. The quantitative estimate of drug-likeness (QED) is 0.156. The molecule has 0 aliphatic heterocycles. The van der Waals surface area contributed by atoms with Gasteiger partial charge in [0.1, 0.15) is 22.5 Å². The summed E-state index contributed by atoms with van der Waals surface area (Å²) in [6, 6.07) is 7.45. The van der Waals surface area contributed by atoms with Crippen molar-refractivity contribution in [3.05, 3.63) is 52.2 Å². The van der Waals surface area contributed by atoms with Crippen molar-refractivity contribution in [1.82, 2.24) is 3.82 Å². The molecule has 0 N–H and O–H groups in total. The monoisotopic (exact) mass is 395 g/mol. The smallest absolute Gasteiger partial charge is 0.237 e. The van der Waals surface area contributed by atoms with Gasteiger partial charge in [-0.05, 0) is 37.6 Å². The molecule has 0 amide bonds. The van der Waals surface area contributed by atoms with Gasteiger partial charge in [-0.1, -0.05) is 33.1 Å². The summed E-state index contributed by atoms with van der Waals surface area (Å²) >= 11 is 26.1. The van der Waals surface area contributed by atoms with E-state index in [1.807, 2.05) is 55.0 Å². The lowest BCUT2D eigenvalue weighted by atomic mass is 9.97. The number of allylic oxidation sites excluding steroid dienone is 4. The molecule has 0 fully saturated rings. The maximum atomic E-state index is 6.54. The Morgan fingerprint density at radius 3 is 2.55 bits per heavy atom. The molecule has 1 aromatic rings. The van der Waals surface area contributed by atoms with Crippen LogP contribution < -0.4 is 0 Å². The van der Waals surface area contributed by atoms with Crippen molar-refractivity contribution < 1.29 is 4.58 Å². The summed E-state index contributed by atoms with van der Waals surface area (Å²) in [4.78, 5) is 0.472. The van der Waals surface area contributed by atoms with E-state index in [1.54, 1.807) is 6.34 Å². The van der Waals surface area contributed by atoms with Crippen LogP contribution >= 0.6 is 58.5 Å². The highest BCUT2D eigenvalue weighted by Gasteiger charge is 2.32. The molecule has 1 unspecified atom stereocenters. The van der Waals surface area contributed by atoms with Gasteiger partial charge < -0.3 is 0 Å². The highest BCUT2D eigenvalue weighted by molar-refractivity contribution is 7.98. The minimum atomic E-state index is -0.508. The van der Waals surface area contributed by atoms with E-state index in [-0.39, 0.29) is 0 Å². The van der Waals surface area contributed by atoms with Gasteiger partial charge in [-0.25, -0.2) is 4.58 Å². The van der Waals surface area contributed by atoms with E-state index in [0.29, 0.717) is 16.5 Å². The average Bonchev–Trinajstić information content (AvgIpc) is 2.44. The largest absolute Gasteiger partial charge is 0.269 e. The molecule has 0 saturated heterocycles. The highest BCUT2D eigenvalue weighted by atomic mass is 35.5. The molecule has 0 aromatic heterocycles. The zero-order chi connectivity index (χ0) is 16.3. The maximum Gasteiger partial charge on any atom is 0.269 e. The molecule has 0 saturated carbocycles. The van der Waals surface area contributed by atoms with Crippen molar-refractivity contribution in [3.8, 4) is 0 Å². The predicted octanol–water partition coefficient (Wildman–Crippen LogP) is 5.88. The van der Waals surface area contributed by atoms with Crippen molar-refractivity contribution >= 4 is 64.9 Å². The van der Waals surface area contributed by atoms with Crippen LogP contribution in [0.5, 0.6) is 0 Å². The second kappa shape index (κ2) is 7.50. The predicted molar refractivity (Wildman–Crippen MR) is 98.1 cm³/mol. The highest BCUT2D eigenvalue weighted by Crippen LogP contribution is 2.35. The summed E-state index contributed by atoms with van der Waals surface area (Å²) in [6.45, 7) is 1.95. The summed E-state index contributed by atoms with van der Waals surface area (Å²) in [5.41, 5.74) is 0.893. The van der Waals surface area contributed by atoms with Gasteiger partial charge in [0.2, 0.25) is 0 Å². The second-order valence-electron chi connectivity index (χ2n) is 5.06. The molecule has 1 aliphatic rings. The minimum Gasteiger partial charge on any atom is -0.237 e. The number of hydrogen-bond acceptors (Lipinski definition) is 1. The van der Waals surface area contributed by atoms with Gasteiger partial charge in [0.05, 0.1) is 11.9 Å². The molecule has 7 heteroatoms. The SMILES string of the molecule is C[N+](=CN(Cl)Sc1ccc(Cl)cc1)C1=CC(Cl)=CCC1(C)Cl. The lowest BCUT2D eigenvalue weighted by molar-refractivity contribution is -0.448. The lowest BCUT2D eigenvalue weighted by Crippen LogP contribution is -2.30. The zero-order valence-corrected chi connectivity index (χ0v) is 15.9. The van der Waals surface area contributed by atoms with Crippen molar-refractivity contribution in [2.24, 2.45) is 0 Å². The topological polar surface area (TPSA) is 6.25 Å². The Bertz CT molecular complexity index is 635. The van der Waals surface area contributed by atoms with Gasteiger partial charge in [-0.15, -0.1) is 11.6 Å². The number of nitrogens with zero attached hydrogens (tertiary/aromatic N) is 2. The first-order chi connectivity index (χ1) is 10.3. The standard InChI is InChI=1S/C15H15Cl4N2S/c1-15(18)8-7-12(17)9-14(15)20(2)10-21(19)22-13-5-3-11(16)4-6-13/h3-7,9-10H,8H2,1-2H3/q+1. The first-order valence-corrected chi connectivity index (χ1v) is 8.75. The van der Waals surface area contributed by atoms with Gasteiger partial charge in [0.15, 0.2) is 11.8 Å². The number of rotatable bonds is 4. The summed E-state index contributed by atoms with van der Waals surface area (Å²) in [6.07, 6.45) is 6.19. The van der Waals surface area contributed by atoms with Gasteiger partial charge in [0, 0.05) is 16.1 Å². The van der Waals surface area contributed by atoms with Gasteiger partial charge in [-0.2, -0.15) is 0 Å². The van der Waals surface area contributed by atoms with Crippen molar-refractivity contribution in [2.75, 3.05) is 7.05 Å². The first kappa shape index (κ1) is 18.0. The number of alkyl halides is 1. The van der Waals surface area contributed by atoms with E-state index in [4.69, 9.17) is 46.6 Å². The van der Waals surface area contributed by atoms with E-state index >= 15 is 0 Å². The molecule has 0 radical (unpaired) electrons. The van der Waals surface area contributed by atoms with Gasteiger partial charge in [-0.3, -0.25) is 0 Å². The summed E-state index contributed by atoms with van der Waals surface area (Å²) < 4.78 is 3.36. The number of benzene rings is 1. The Labute approximate surface area is 155 Å². The average molecular weight is 397 g/mol. The van der Waals surface area contributed by atoms with Crippen molar-refractivity contribution in [2.45, 2.75) is 23.1 Å². The van der Waals surface area contributed by atoms with Crippen LogP contribution in [0.2, 0.25) is 5.02 Å². The van der Waals surface area contributed by atoms with Crippen LogP contribution in [-0.2, 0) is 0 Å². The molecule has 0 heterocycles. The number of halogens is 4. The van der Waals surface area contributed by atoms with E-state index in [2.05, 4.69) is 0 Å². The summed E-state index contributed by atoms with van der Waals surface area (Å²) in [5.74, 6) is 0. The van der Waals surface area contributed by atoms with E-state index in [9.17, 15) is 0 Å². The van der Waals surface area contributed by atoms with E-state index < -0.39 is 4.87 Å². The fourth-order valence-electron chi connectivity index (χ4n) is 2.02. The molecular weight excluding hydrogens is 382 g/mol. The van der Waals surface area contributed by atoms with Crippen molar-refractivity contribution in [1.29, 1.82) is 0 Å². The van der Waals surface area contributed by atoms with Crippen LogP contribution in [0.25, 0.3) is 0 Å². The summed E-state index contributed by atoms with van der Waals surface area (Å²) in [5, 5.41) is 1.37. The van der Waals surface area contributed by atoms with Gasteiger partial charge >= 0.3 is 0 Å².